The molecule has 0 radical (unpaired) electrons. The average Bonchev–Trinajstić information content (AvgIpc) is 2.83. The molecule has 0 aliphatic heterocycles. The van der Waals surface area contributed by atoms with E-state index in [1.807, 2.05) is 17.8 Å². The number of aryl methyl sites for hydroxylation is 1. The van der Waals surface area contributed by atoms with E-state index in [2.05, 4.69) is 24.0 Å². The molecule has 0 bridgehead atoms. The molecular weight excluding hydrogens is 271 g/mol. The van der Waals surface area contributed by atoms with Crippen molar-refractivity contribution in [3.63, 3.8) is 0 Å². The molecule has 18 heavy (non-hydrogen) atoms. The SMILES string of the molecule is CC(C)Cn1nc(-c2ccnn2C)c(CCl)c1Cl. The van der Waals surface area contributed by atoms with Crippen LogP contribution in [0.2, 0.25) is 5.15 Å². The molecule has 0 spiro atoms. The average molecular weight is 287 g/mol. The van der Waals surface area contributed by atoms with Gasteiger partial charge in [0.15, 0.2) is 0 Å². The quantitative estimate of drug-likeness (QED) is 0.809. The minimum atomic E-state index is 0.345. The molecule has 2 aromatic rings. The molecule has 98 valence electrons. The first-order chi connectivity index (χ1) is 8.54. The fourth-order valence-electron chi connectivity index (χ4n) is 1.88. The van der Waals surface area contributed by atoms with Crippen LogP contribution in [0.4, 0.5) is 0 Å². The molecule has 0 unspecified atom stereocenters. The van der Waals surface area contributed by atoms with Gasteiger partial charge >= 0.3 is 0 Å². The highest BCUT2D eigenvalue weighted by atomic mass is 35.5. The van der Waals surface area contributed by atoms with Gasteiger partial charge in [-0.2, -0.15) is 10.2 Å². The van der Waals surface area contributed by atoms with E-state index >= 15 is 0 Å². The first-order valence-corrected chi connectivity index (χ1v) is 6.75. The molecule has 0 amide bonds. The summed E-state index contributed by atoms with van der Waals surface area (Å²) in [7, 11) is 1.88. The van der Waals surface area contributed by atoms with Crippen LogP contribution in [-0.4, -0.2) is 19.6 Å². The Hall–Kier alpha value is -1.00. The maximum absolute atomic E-state index is 6.33. The Kier molecular flexibility index (Phi) is 3.97. The van der Waals surface area contributed by atoms with Crippen LogP contribution >= 0.6 is 23.2 Å². The summed E-state index contributed by atoms with van der Waals surface area (Å²) in [4.78, 5) is 0. The summed E-state index contributed by atoms with van der Waals surface area (Å²) >= 11 is 12.3. The van der Waals surface area contributed by atoms with Crippen LogP contribution in [0.15, 0.2) is 12.3 Å². The lowest BCUT2D eigenvalue weighted by atomic mass is 10.2. The van der Waals surface area contributed by atoms with Crippen LogP contribution in [-0.2, 0) is 19.5 Å². The first kappa shape index (κ1) is 13.4. The minimum Gasteiger partial charge on any atom is -0.266 e. The number of alkyl halides is 1. The van der Waals surface area contributed by atoms with Crippen molar-refractivity contribution in [3.8, 4) is 11.4 Å². The Bertz CT molecular complexity index is 542. The monoisotopic (exact) mass is 286 g/mol. The highest BCUT2D eigenvalue weighted by molar-refractivity contribution is 6.31. The van der Waals surface area contributed by atoms with E-state index in [1.54, 1.807) is 10.9 Å². The van der Waals surface area contributed by atoms with Crippen molar-refractivity contribution in [3.05, 3.63) is 23.0 Å². The molecule has 0 aromatic carbocycles. The van der Waals surface area contributed by atoms with Crippen molar-refractivity contribution in [1.82, 2.24) is 19.6 Å². The second kappa shape index (κ2) is 5.33. The largest absolute Gasteiger partial charge is 0.266 e. The van der Waals surface area contributed by atoms with Gasteiger partial charge in [-0.25, -0.2) is 0 Å². The van der Waals surface area contributed by atoms with Gasteiger partial charge in [-0.15, -0.1) is 11.6 Å². The third kappa shape index (κ3) is 2.40. The Balaban J connectivity index is 2.51. The smallest absolute Gasteiger partial charge is 0.132 e. The van der Waals surface area contributed by atoms with Gasteiger partial charge in [0, 0.05) is 25.4 Å². The third-order valence-electron chi connectivity index (χ3n) is 2.72. The molecule has 2 heterocycles. The van der Waals surface area contributed by atoms with Crippen molar-refractivity contribution in [2.75, 3.05) is 0 Å². The van der Waals surface area contributed by atoms with Crippen molar-refractivity contribution in [2.45, 2.75) is 26.3 Å². The van der Waals surface area contributed by atoms with Crippen LogP contribution in [0.3, 0.4) is 0 Å². The van der Waals surface area contributed by atoms with Gasteiger partial charge in [0.1, 0.15) is 10.8 Å². The molecule has 0 N–H and O–H groups in total. The van der Waals surface area contributed by atoms with Gasteiger partial charge in [0.05, 0.1) is 11.6 Å². The van der Waals surface area contributed by atoms with E-state index in [-0.39, 0.29) is 0 Å². The summed E-state index contributed by atoms with van der Waals surface area (Å²) in [5.74, 6) is 0.822. The molecule has 0 saturated heterocycles. The van der Waals surface area contributed by atoms with Crippen LogP contribution < -0.4 is 0 Å². The lowest BCUT2D eigenvalue weighted by Crippen LogP contribution is -2.06. The van der Waals surface area contributed by atoms with Crippen molar-refractivity contribution in [2.24, 2.45) is 13.0 Å². The van der Waals surface area contributed by atoms with Gasteiger partial charge in [-0.1, -0.05) is 25.4 Å². The van der Waals surface area contributed by atoms with Crippen LogP contribution in [0, 0.1) is 5.92 Å². The molecule has 0 aliphatic carbocycles. The Morgan fingerprint density at radius 2 is 2.11 bits per heavy atom. The molecule has 4 nitrogen and oxygen atoms in total. The standard InChI is InChI=1S/C12H16Cl2N4/c1-8(2)7-18-12(14)9(6-13)11(16-18)10-4-5-15-17(10)3/h4-5,8H,6-7H2,1-3H3. The highest BCUT2D eigenvalue weighted by Gasteiger charge is 2.19. The Morgan fingerprint density at radius 1 is 1.39 bits per heavy atom. The summed E-state index contributed by atoms with van der Waals surface area (Å²) in [6.07, 6.45) is 1.74. The summed E-state index contributed by atoms with van der Waals surface area (Å²) in [5, 5.41) is 9.33. The third-order valence-corrected chi connectivity index (χ3v) is 3.41. The van der Waals surface area contributed by atoms with E-state index in [0.717, 1.165) is 23.5 Å². The number of halogens is 2. The lowest BCUT2D eigenvalue weighted by Gasteiger charge is -2.05. The Morgan fingerprint density at radius 3 is 2.61 bits per heavy atom. The second-order valence-corrected chi connectivity index (χ2v) is 5.29. The molecular formula is C12H16Cl2N4. The van der Waals surface area contributed by atoms with Crippen molar-refractivity contribution >= 4 is 23.2 Å². The Labute approximate surface area is 116 Å². The van der Waals surface area contributed by atoms with Crippen LogP contribution in [0.5, 0.6) is 0 Å². The van der Waals surface area contributed by atoms with Gasteiger partial charge in [0.25, 0.3) is 0 Å². The molecule has 0 saturated carbocycles. The van der Waals surface area contributed by atoms with Crippen LogP contribution in [0.25, 0.3) is 11.4 Å². The molecule has 0 atom stereocenters. The molecule has 6 heteroatoms. The van der Waals surface area contributed by atoms with Gasteiger partial charge in [-0.3, -0.25) is 9.36 Å². The zero-order valence-electron chi connectivity index (χ0n) is 10.7. The molecule has 2 rings (SSSR count). The number of hydrogen-bond donors (Lipinski definition) is 0. The molecule has 0 fully saturated rings. The summed E-state index contributed by atoms with van der Waals surface area (Å²) in [6, 6.07) is 1.91. The zero-order valence-corrected chi connectivity index (χ0v) is 12.2. The van der Waals surface area contributed by atoms with Gasteiger partial charge in [0.2, 0.25) is 0 Å². The molecule has 2 aromatic heterocycles. The van der Waals surface area contributed by atoms with Gasteiger partial charge < -0.3 is 0 Å². The van der Waals surface area contributed by atoms with Gasteiger partial charge in [-0.05, 0) is 12.0 Å². The number of aromatic nitrogens is 4. The van der Waals surface area contributed by atoms with Crippen LogP contribution in [0.1, 0.15) is 19.4 Å². The maximum Gasteiger partial charge on any atom is 0.132 e. The van der Waals surface area contributed by atoms with E-state index in [0.29, 0.717) is 17.0 Å². The van der Waals surface area contributed by atoms with Crippen molar-refractivity contribution < 1.29 is 0 Å². The van der Waals surface area contributed by atoms with E-state index in [4.69, 9.17) is 23.2 Å². The fraction of sp³-hybridized carbons (Fsp3) is 0.500. The first-order valence-electron chi connectivity index (χ1n) is 5.84. The summed E-state index contributed by atoms with van der Waals surface area (Å²) in [5.41, 5.74) is 2.60. The number of nitrogens with zero attached hydrogens (tertiary/aromatic N) is 4. The number of hydrogen-bond acceptors (Lipinski definition) is 2. The van der Waals surface area contributed by atoms with E-state index in [1.165, 1.54) is 0 Å². The molecule has 0 aliphatic rings. The fourth-order valence-corrected chi connectivity index (χ4v) is 2.46. The maximum atomic E-state index is 6.33. The topological polar surface area (TPSA) is 35.6 Å². The predicted octanol–water partition coefficient (Wildman–Crippen LogP) is 3.33. The normalized spacial score (nSPS) is 11.4. The predicted molar refractivity (Wildman–Crippen MR) is 73.8 cm³/mol. The summed E-state index contributed by atoms with van der Waals surface area (Å²) < 4.78 is 3.58. The van der Waals surface area contributed by atoms with E-state index in [9.17, 15) is 0 Å². The highest BCUT2D eigenvalue weighted by Crippen LogP contribution is 2.30. The van der Waals surface area contributed by atoms with E-state index < -0.39 is 0 Å². The zero-order chi connectivity index (χ0) is 13.3. The number of rotatable bonds is 4. The lowest BCUT2D eigenvalue weighted by molar-refractivity contribution is 0.484. The second-order valence-electron chi connectivity index (χ2n) is 4.67. The minimum absolute atomic E-state index is 0.345. The van der Waals surface area contributed by atoms with Crippen molar-refractivity contribution in [1.29, 1.82) is 0 Å². The summed E-state index contributed by atoms with van der Waals surface area (Å²) in [6.45, 7) is 5.03.